The number of hydrogen-bond donors (Lipinski definition) is 1. The molecule has 0 aliphatic heterocycles. The second-order valence-electron chi connectivity index (χ2n) is 2.59. The Balaban J connectivity index is 2.38. The predicted molar refractivity (Wildman–Crippen MR) is 49.5 cm³/mol. The third-order valence-electron chi connectivity index (χ3n) is 1.77. The van der Waals surface area contributed by atoms with Gasteiger partial charge in [0.05, 0.1) is 12.0 Å². The van der Waals surface area contributed by atoms with Crippen LogP contribution in [0.3, 0.4) is 0 Å². The van der Waals surface area contributed by atoms with Crippen LogP contribution in [-0.2, 0) is 0 Å². The molecular formula is C9H7N3O. The Bertz CT molecular complexity index is 391. The van der Waals surface area contributed by atoms with E-state index < -0.39 is 0 Å². The molecule has 64 valence electrons. The van der Waals surface area contributed by atoms with Gasteiger partial charge in [-0.1, -0.05) is 12.1 Å². The van der Waals surface area contributed by atoms with Gasteiger partial charge in [0.15, 0.2) is 0 Å². The molecule has 4 nitrogen and oxygen atoms in total. The maximum absolute atomic E-state index is 10.1. The molecule has 1 heterocycles. The quantitative estimate of drug-likeness (QED) is 0.709. The van der Waals surface area contributed by atoms with Gasteiger partial charge in [0.25, 0.3) is 0 Å². The van der Waals surface area contributed by atoms with Crippen molar-refractivity contribution in [2.24, 2.45) is 5.18 Å². The van der Waals surface area contributed by atoms with E-state index in [9.17, 15) is 4.91 Å². The molecule has 0 fully saturated rings. The highest BCUT2D eigenvalue weighted by molar-refractivity contribution is 5.60. The molecule has 2 rings (SSSR count). The lowest BCUT2D eigenvalue weighted by molar-refractivity contribution is 1.31. The molecule has 0 bridgehead atoms. The van der Waals surface area contributed by atoms with Crippen LogP contribution in [0, 0.1) is 4.91 Å². The largest absolute Gasteiger partial charge is 0.351 e. The fraction of sp³-hybridized carbons (Fsp3) is 0. The Labute approximate surface area is 74.6 Å². The van der Waals surface area contributed by atoms with Crippen molar-refractivity contribution < 1.29 is 0 Å². The molecule has 2 aromatic rings. The SMILES string of the molecule is O=Nc1ccc(-c2c[nH]cn2)cc1. The number of nitrogens with one attached hydrogen (secondary N) is 1. The number of rotatable bonds is 2. The Morgan fingerprint density at radius 1 is 1.23 bits per heavy atom. The number of nitrogens with zero attached hydrogens (tertiary/aromatic N) is 2. The lowest BCUT2D eigenvalue weighted by Gasteiger charge is -1.94. The van der Waals surface area contributed by atoms with Gasteiger partial charge in [-0.15, -0.1) is 4.91 Å². The van der Waals surface area contributed by atoms with E-state index in [1.807, 2.05) is 12.1 Å². The predicted octanol–water partition coefficient (Wildman–Crippen LogP) is 2.47. The third kappa shape index (κ3) is 1.46. The van der Waals surface area contributed by atoms with Gasteiger partial charge in [-0.05, 0) is 17.3 Å². The molecule has 0 aliphatic rings. The summed E-state index contributed by atoms with van der Waals surface area (Å²) in [5.74, 6) is 0. The van der Waals surface area contributed by atoms with Gasteiger partial charge in [0, 0.05) is 11.8 Å². The summed E-state index contributed by atoms with van der Waals surface area (Å²) in [6.45, 7) is 0. The molecule has 0 saturated heterocycles. The summed E-state index contributed by atoms with van der Waals surface area (Å²) < 4.78 is 0. The first kappa shape index (κ1) is 7.67. The molecule has 0 unspecified atom stereocenters. The second-order valence-corrected chi connectivity index (χ2v) is 2.59. The Hall–Kier alpha value is -1.97. The van der Waals surface area contributed by atoms with Crippen molar-refractivity contribution in [3.05, 3.63) is 41.7 Å². The lowest BCUT2D eigenvalue weighted by Crippen LogP contribution is -1.74. The average molecular weight is 173 g/mol. The van der Waals surface area contributed by atoms with Crippen LogP contribution in [0.5, 0.6) is 0 Å². The van der Waals surface area contributed by atoms with Crippen LogP contribution in [0.1, 0.15) is 0 Å². The molecule has 0 aliphatic carbocycles. The van der Waals surface area contributed by atoms with E-state index in [4.69, 9.17) is 0 Å². The molecule has 0 spiro atoms. The normalized spacial score (nSPS) is 9.85. The molecule has 1 N–H and O–H groups in total. The van der Waals surface area contributed by atoms with E-state index in [0.717, 1.165) is 11.3 Å². The van der Waals surface area contributed by atoms with E-state index in [-0.39, 0.29) is 0 Å². The Morgan fingerprint density at radius 2 is 2.00 bits per heavy atom. The standard InChI is InChI=1S/C9H7N3O/c13-12-8-3-1-7(2-4-8)9-5-10-6-11-9/h1-6H,(H,10,11). The minimum atomic E-state index is 0.430. The van der Waals surface area contributed by atoms with Gasteiger partial charge < -0.3 is 4.98 Å². The van der Waals surface area contributed by atoms with Crippen molar-refractivity contribution in [3.8, 4) is 11.3 Å². The summed E-state index contributed by atoms with van der Waals surface area (Å²) in [6, 6.07) is 6.95. The third-order valence-corrected chi connectivity index (χ3v) is 1.77. The average Bonchev–Trinajstić information content (AvgIpc) is 2.71. The second kappa shape index (κ2) is 3.18. The van der Waals surface area contributed by atoms with E-state index in [1.165, 1.54) is 0 Å². The molecule has 0 atom stereocenters. The fourth-order valence-corrected chi connectivity index (χ4v) is 1.11. The molecule has 0 radical (unpaired) electrons. The summed E-state index contributed by atoms with van der Waals surface area (Å²) in [6.07, 6.45) is 3.41. The summed E-state index contributed by atoms with van der Waals surface area (Å²) in [5.41, 5.74) is 2.25. The van der Waals surface area contributed by atoms with Gasteiger partial charge >= 0.3 is 0 Å². The zero-order valence-electron chi connectivity index (χ0n) is 6.77. The maximum atomic E-state index is 10.1. The molecule has 0 saturated carbocycles. The number of nitroso groups, excluding NO2 is 1. The van der Waals surface area contributed by atoms with Gasteiger partial charge in [0.2, 0.25) is 0 Å². The number of imidazole rings is 1. The smallest absolute Gasteiger partial charge is 0.108 e. The summed E-state index contributed by atoms with van der Waals surface area (Å²) in [4.78, 5) is 17.1. The maximum Gasteiger partial charge on any atom is 0.108 e. The van der Waals surface area contributed by atoms with Crippen LogP contribution in [0.25, 0.3) is 11.3 Å². The van der Waals surface area contributed by atoms with Crippen molar-refractivity contribution in [3.63, 3.8) is 0 Å². The molecule has 0 amide bonds. The number of benzene rings is 1. The number of aromatic nitrogens is 2. The van der Waals surface area contributed by atoms with E-state index >= 15 is 0 Å². The lowest BCUT2D eigenvalue weighted by atomic mass is 10.1. The number of H-pyrrole nitrogens is 1. The summed E-state index contributed by atoms with van der Waals surface area (Å²) in [7, 11) is 0. The molecular weight excluding hydrogens is 166 g/mol. The fourth-order valence-electron chi connectivity index (χ4n) is 1.11. The molecule has 4 heteroatoms. The monoisotopic (exact) mass is 173 g/mol. The van der Waals surface area contributed by atoms with Gasteiger partial charge in [0.1, 0.15) is 5.69 Å². The van der Waals surface area contributed by atoms with Gasteiger partial charge in [-0.2, -0.15) is 0 Å². The van der Waals surface area contributed by atoms with E-state index in [2.05, 4.69) is 15.1 Å². The van der Waals surface area contributed by atoms with Crippen molar-refractivity contribution in [1.29, 1.82) is 0 Å². The van der Waals surface area contributed by atoms with Crippen LogP contribution in [0.2, 0.25) is 0 Å². The first-order chi connectivity index (χ1) is 6.40. The van der Waals surface area contributed by atoms with Gasteiger partial charge in [-0.3, -0.25) is 0 Å². The van der Waals surface area contributed by atoms with Crippen LogP contribution in [0.15, 0.2) is 42.0 Å². The Morgan fingerprint density at radius 3 is 2.54 bits per heavy atom. The highest BCUT2D eigenvalue weighted by atomic mass is 16.3. The van der Waals surface area contributed by atoms with Crippen molar-refractivity contribution >= 4 is 5.69 Å². The summed E-state index contributed by atoms with van der Waals surface area (Å²) >= 11 is 0. The van der Waals surface area contributed by atoms with Crippen LogP contribution < -0.4 is 0 Å². The zero-order valence-corrected chi connectivity index (χ0v) is 6.77. The first-order valence-electron chi connectivity index (χ1n) is 3.83. The molecule has 1 aromatic heterocycles. The van der Waals surface area contributed by atoms with Crippen LogP contribution in [-0.4, -0.2) is 9.97 Å². The van der Waals surface area contributed by atoms with Crippen molar-refractivity contribution in [2.75, 3.05) is 0 Å². The number of hydrogen-bond acceptors (Lipinski definition) is 3. The minimum Gasteiger partial charge on any atom is -0.351 e. The van der Waals surface area contributed by atoms with Crippen molar-refractivity contribution in [1.82, 2.24) is 9.97 Å². The highest BCUT2D eigenvalue weighted by Gasteiger charge is 1.98. The zero-order chi connectivity index (χ0) is 9.10. The van der Waals surface area contributed by atoms with E-state index in [0.29, 0.717) is 5.69 Å². The Kier molecular flexibility index (Phi) is 1.88. The minimum absolute atomic E-state index is 0.430. The summed E-state index contributed by atoms with van der Waals surface area (Å²) in [5, 5.41) is 2.81. The number of aromatic amines is 1. The van der Waals surface area contributed by atoms with E-state index in [1.54, 1.807) is 24.7 Å². The van der Waals surface area contributed by atoms with Gasteiger partial charge in [-0.25, -0.2) is 4.98 Å². The highest BCUT2D eigenvalue weighted by Crippen LogP contribution is 2.19. The molecule has 13 heavy (non-hydrogen) atoms. The topological polar surface area (TPSA) is 58.1 Å². The van der Waals surface area contributed by atoms with Crippen molar-refractivity contribution in [2.45, 2.75) is 0 Å². The molecule has 1 aromatic carbocycles. The van der Waals surface area contributed by atoms with Crippen LogP contribution >= 0.6 is 0 Å². The van der Waals surface area contributed by atoms with Crippen LogP contribution in [0.4, 0.5) is 5.69 Å². The first-order valence-corrected chi connectivity index (χ1v) is 3.83.